The Hall–Kier alpha value is -2.63. The fourth-order valence-corrected chi connectivity index (χ4v) is 1.85. The number of H-pyrrole nitrogens is 1. The van der Waals surface area contributed by atoms with E-state index in [1.807, 2.05) is 51.1 Å². The molecule has 2 rings (SSSR count). The van der Waals surface area contributed by atoms with Crippen molar-refractivity contribution in [3.8, 4) is 11.3 Å². The minimum Gasteiger partial charge on any atom is -0.451 e. The van der Waals surface area contributed by atoms with E-state index in [0.717, 1.165) is 5.56 Å². The van der Waals surface area contributed by atoms with Crippen LogP contribution >= 0.6 is 0 Å². The first-order chi connectivity index (χ1) is 11.0. The third-order valence-electron chi connectivity index (χ3n) is 3.59. The van der Waals surface area contributed by atoms with Crippen LogP contribution in [0.2, 0.25) is 0 Å². The highest BCUT2D eigenvalue weighted by Crippen LogP contribution is 2.17. The average Bonchev–Trinajstić information content (AvgIpc) is 3.03. The van der Waals surface area contributed by atoms with E-state index in [9.17, 15) is 9.59 Å². The van der Waals surface area contributed by atoms with Crippen LogP contribution in [0.25, 0.3) is 11.3 Å². The maximum absolute atomic E-state index is 11.9. The van der Waals surface area contributed by atoms with E-state index in [1.165, 1.54) is 0 Å². The first kappa shape index (κ1) is 16.7. The van der Waals surface area contributed by atoms with Gasteiger partial charge in [0.15, 0.2) is 6.61 Å². The molecule has 1 aromatic carbocycles. The zero-order chi connectivity index (χ0) is 16.8. The van der Waals surface area contributed by atoms with Gasteiger partial charge in [-0.15, -0.1) is 0 Å². The fraction of sp³-hybridized carbons (Fsp3) is 0.353. The number of esters is 1. The Kier molecular flexibility index (Phi) is 5.51. The Morgan fingerprint density at radius 3 is 2.57 bits per heavy atom. The summed E-state index contributed by atoms with van der Waals surface area (Å²) in [6.45, 7) is 5.61. The van der Waals surface area contributed by atoms with Crippen molar-refractivity contribution in [1.82, 2.24) is 15.5 Å². The number of carbonyl (C=O) groups excluding carboxylic acids is 2. The van der Waals surface area contributed by atoms with Gasteiger partial charge in [0.25, 0.3) is 5.91 Å². The Balaban J connectivity index is 1.89. The van der Waals surface area contributed by atoms with E-state index < -0.39 is 5.97 Å². The summed E-state index contributed by atoms with van der Waals surface area (Å²) in [5, 5.41) is 9.49. The SMILES string of the molecule is CC(C)[C@H](C)NC(=O)COC(=O)c1cc(-c2ccccc2)n[nH]1. The van der Waals surface area contributed by atoms with Crippen molar-refractivity contribution in [2.45, 2.75) is 26.8 Å². The van der Waals surface area contributed by atoms with Crippen LogP contribution in [-0.2, 0) is 9.53 Å². The Morgan fingerprint density at radius 1 is 1.22 bits per heavy atom. The van der Waals surface area contributed by atoms with Gasteiger partial charge < -0.3 is 10.1 Å². The van der Waals surface area contributed by atoms with E-state index in [2.05, 4.69) is 15.5 Å². The second-order valence-electron chi connectivity index (χ2n) is 5.71. The molecule has 1 aromatic heterocycles. The summed E-state index contributed by atoms with van der Waals surface area (Å²) in [6, 6.07) is 11.1. The molecular weight excluding hydrogens is 294 g/mol. The number of nitrogens with zero attached hydrogens (tertiary/aromatic N) is 1. The molecule has 6 nitrogen and oxygen atoms in total. The van der Waals surface area contributed by atoms with Crippen LogP contribution in [0.5, 0.6) is 0 Å². The van der Waals surface area contributed by atoms with Crippen molar-refractivity contribution < 1.29 is 14.3 Å². The summed E-state index contributed by atoms with van der Waals surface area (Å²) in [7, 11) is 0. The van der Waals surface area contributed by atoms with Crippen LogP contribution in [0.15, 0.2) is 36.4 Å². The lowest BCUT2D eigenvalue weighted by molar-refractivity contribution is -0.125. The van der Waals surface area contributed by atoms with Crippen LogP contribution in [0.4, 0.5) is 0 Å². The molecule has 0 aliphatic rings. The van der Waals surface area contributed by atoms with Crippen molar-refractivity contribution in [2.75, 3.05) is 6.61 Å². The standard InChI is InChI=1S/C17H21N3O3/c1-11(2)12(3)18-16(21)10-23-17(22)15-9-14(19-20-15)13-7-5-4-6-8-13/h4-9,11-12H,10H2,1-3H3,(H,18,21)(H,19,20)/t12-/m0/s1. The molecule has 1 atom stereocenters. The summed E-state index contributed by atoms with van der Waals surface area (Å²) < 4.78 is 5.00. The van der Waals surface area contributed by atoms with Gasteiger partial charge in [0.05, 0.1) is 5.69 Å². The van der Waals surface area contributed by atoms with Gasteiger partial charge in [-0.2, -0.15) is 5.10 Å². The van der Waals surface area contributed by atoms with E-state index >= 15 is 0 Å². The number of benzene rings is 1. The highest BCUT2D eigenvalue weighted by Gasteiger charge is 2.16. The number of nitrogens with one attached hydrogen (secondary N) is 2. The molecule has 0 aliphatic carbocycles. The summed E-state index contributed by atoms with van der Waals surface area (Å²) in [4.78, 5) is 23.6. The fourth-order valence-electron chi connectivity index (χ4n) is 1.85. The smallest absolute Gasteiger partial charge is 0.356 e. The normalized spacial score (nSPS) is 12.0. The van der Waals surface area contributed by atoms with Gasteiger partial charge in [-0.25, -0.2) is 4.79 Å². The summed E-state index contributed by atoms with van der Waals surface area (Å²) in [6.07, 6.45) is 0. The highest BCUT2D eigenvalue weighted by atomic mass is 16.5. The number of hydrogen-bond donors (Lipinski definition) is 2. The van der Waals surface area contributed by atoms with Gasteiger partial charge in [-0.05, 0) is 18.9 Å². The molecule has 1 heterocycles. The van der Waals surface area contributed by atoms with Crippen LogP contribution in [-0.4, -0.2) is 34.7 Å². The third-order valence-corrected chi connectivity index (χ3v) is 3.59. The largest absolute Gasteiger partial charge is 0.451 e. The molecular formula is C17H21N3O3. The van der Waals surface area contributed by atoms with Crippen molar-refractivity contribution in [3.05, 3.63) is 42.1 Å². The molecule has 0 spiro atoms. The van der Waals surface area contributed by atoms with Crippen molar-refractivity contribution in [3.63, 3.8) is 0 Å². The number of carbonyl (C=O) groups is 2. The zero-order valence-corrected chi connectivity index (χ0v) is 13.5. The first-order valence-corrected chi connectivity index (χ1v) is 7.54. The van der Waals surface area contributed by atoms with Gasteiger partial charge in [-0.3, -0.25) is 9.89 Å². The molecule has 0 radical (unpaired) electrons. The van der Waals surface area contributed by atoms with E-state index in [4.69, 9.17) is 4.74 Å². The van der Waals surface area contributed by atoms with Gasteiger partial charge in [0.2, 0.25) is 0 Å². The maximum atomic E-state index is 11.9. The number of aromatic nitrogens is 2. The Bertz CT molecular complexity index is 665. The molecule has 0 aliphatic heterocycles. The van der Waals surface area contributed by atoms with Crippen LogP contribution in [0, 0.1) is 5.92 Å². The minimum absolute atomic E-state index is 0.0260. The predicted molar refractivity (Wildman–Crippen MR) is 86.7 cm³/mol. The summed E-state index contributed by atoms with van der Waals surface area (Å²) in [5.41, 5.74) is 1.76. The second kappa shape index (κ2) is 7.58. The number of rotatable bonds is 6. The van der Waals surface area contributed by atoms with Gasteiger partial charge >= 0.3 is 5.97 Å². The molecule has 2 aromatic rings. The number of aromatic amines is 1. The number of ether oxygens (including phenoxy) is 1. The van der Waals surface area contributed by atoms with Gasteiger partial charge in [-0.1, -0.05) is 44.2 Å². The lowest BCUT2D eigenvalue weighted by atomic mass is 10.1. The molecule has 0 bridgehead atoms. The summed E-state index contributed by atoms with van der Waals surface area (Å²) >= 11 is 0. The Morgan fingerprint density at radius 2 is 1.91 bits per heavy atom. The van der Waals surface area contributed by atoms with Crippen molar-refractivity contribution in [1.29, 1.82) is 0 Å². The van der Waals surface area contributed by atoms with Gasteiger partial charge in [0.1, 0.15) is 5.69 Å². The minimum atomic E-state index is -0.605. The second-order valence-corrected chi connectivity index (χ2v) is 5.71. The zero-order valence-electron chi connectivity index (χ0n) is 13.5. The van der Waals surface area contributed by atoms with E-state index in [1.54, 1.807) is 6.07 Å². The van der Waals surface area contributed by atoms with Crippen LogP contribution in [0.1, 0.15) is 31.3 Å². The molecule has 6 heteroatoms. The Labute approximate surface area is 135 Å². The lowest BCUT2D eigenvalue weighted by Crippen LogP contribution is -2.38. The topological polar surface area (TPSA) is 84.1 Å². The van der Waals surface area contributed by atoms with Crippen molar-refractivity contribution in [2.24, 2.45) is 5.92 Å². The van der Waals surface area contributed by atoms with Gasteiger partial charge in [0, 0.05) is 11.6 Å². The van der Waals surface area contributed by atoms with Crippen LogP contribution < -0.4 is 5.32 Å². The molecule has 0 unspecified atom stereocenters. The maximum Gasteiger partial charge on any atom is 0.356 e. The van der Waals surface area contributed by atoms with E-state index in [0.29, 0.717) is 11.6 Å². The third kappa shape index (κ3) is 4.67. The monoisotopic (exact) mass is 315 g/mol. The quantitative estimate of drug-likeness (QED) is 0.802. The molecule has 0 saturated carbocycles. The van der Waals surface area contributed by atoms with E-state index in [-0.39, 0.29) is 24.2 Å². The number of hydrogen-bond acceptors (Lipinski definition) is 4. The molecule has 23 heavy (non-hydrogen) atoms. The molecule has 0 fully saturated rings. The first-order valence-electron chi connectivity index (χ1n) is 7.54. The lowest BCUT2D eigenvalue weighted by Gasteiger charge is -2.17. The summed E-state index contributed by atoms with van der Waals surface area (Å²) in [5.74, 6) is -0.606. The predicted octanol–water partition coefficient (Wildman–Crippen LogP) is 2.39. The molecule has 1 amide bonds. The average molecular weight is 315 g/mol. The molecule has 122 valence electrons. The highest BCUT2D eigenvalue weighted by molar-refractivity contribution is 5.90. The van der Waals surface area contributed by atoms with Crippen LogP contribution in [0.3, 0.4) is 0 Å². The number of amides is 1. The molecule has 0 saturated heterocycles. The molecule has 2 N–H and O–H groups in total. The van der Waals surface area contributed by atoms with Crippen molar-refractivity contribution >= 4 is 11.9 Å².